The van der Waals surface area contributed by atoms with Crippen LogP contribution in [0, 0.1) is 5.41 Å². The maximum atomic E-state index is 12.2. The fraction of sp³-hybridized carbons (Fsp3) is 0.882. The number of urea groups is 1. The minimum absolute atomic E-state index is 0.0347. The summed E-state index contributed by atoms with van der Waals surface area (Å²) in [7, 11) is 0. The number of carbonyl (C=O) groups excluding carboxylic acids is 2. The maximum Gasteiger partial charge on any atom is 0.315 e. The quantitative estimate of drug-likeness (QED) is 0.824. The average molecular weight is 309 g/mol. The molecule has 1 saturated carbocycles. The van der Waals surface area contributed by atoms with E-state index < -0.39 is 0 Å². The molecule has 0 bridgehead atoms. The highest BCUT2D eigenvalue weighted by Crippen LogP contribution is 2.21. The number of hydrogen-bond donors (Lipinski definition) is 2. The van der Waals surface area contributed by atoms with Crippen molar-refractivity contribution in [1.82, 2.24) is 15.5 Å². The second-order valence-corrected chi connectivity index (χ2v) is 7.77. The molecule has 0 atom stereocenters. The minimum Gasteiger partial charge on any atom is -0.342 e. The summed E-state index contributed by atoms with van der Waals surface area (Å²) in [6, 6.07) is 0.497. The molecule has 0 aromatic rings. The van der Waals surface area contributed by atoms with Gasteiger partial charge in [0.15, 0.2) is 0 Å². The average Bonchev–Trinajstić information content (AvgIpc) is 2.47. The van der Waals surface area contributed by atoms with Gasteiger partial charge in [-0.2, -0.15) is 0 Å². The number of amides is 3. The molecule has 1 saturated heterocycles. The van der Waals surface area contributed by atoms with Crippen LogP contribution in [0.1, 0.15) is 65.7 Å². The Hall–Kier alpha value is -1.26. The fourth-order valence-corrected chi connectivity index (χ4v) is 3.36. The van der Waals surface area contributed by atoms with Gasteiger partial charge >= 0.3 is 6.03 Å². The third-order valence-electron chi connectivity index (χ3n) is 4.70. The summed E-state index contributed by atoms with van der Waals surface area (Å²) in [4.78, 5) is 26.2. The van der Waals surface area contributed by atoms with Crippen LogP contribution in [0.3, 0.4) is 0 Å². The van der Waals surface area contributed by atoms with E-state index in [4.69, 9.17) is 0 Å². The Labute approximate surface area is 134 Å². The molecule has 1 heterocycles. The van der Waals surface area contributed by atoms with E-state index in [1.165, 1.54) is 19.3 Å². The Balaban J connectivity index is 1.70. The summed E-state index contributed by atoms with van der Waals surface area (Å²) in [5, 5.41) is 6.17. The van der Waals surface area contributed by atoms with E-state index in [0.717, 1.165) is 38.8 Å². The smallest absolute Gasteiger partial charge is 0.315 e. The molecule has 1 aliphatic carbocycles. The highest BCUT2D eigenvalue weighted by Gasteiger charge is 2.30. The largest absolute Gasteiger partial charge is 0.342 e. The van der Waals surface area contributed by atoms with Gasteiger partial charge in [0.05, 0.1) is 0 Å². The van der Waals surface area contributed by atoms with Gasteiger partial charge in [0.1, 0.15) is 0 Å². The maximum absolute atomic E-state index is 12.2. The van der Waals surface area contributed by atoms with Crippen molar-refractivity contribution < 1.29 is 9.59 Å². The SMILES string of the molecule is CC(C)(C)C(=O)N1CCC(NC(=O)NC2CCCCC2)CC1. The van der Waals surface area contributed by atoms with Crippen LogP contribution in [0.4, 0.5) is 4.79 Å². The van der Waals surface area contributed by atoms with Crippen molar-refractivity contribution in [3.05, 3.63) is 0 Å². The molecule has 0 radical (unpaired) electrons. The van der Waals surface area contributed by atoms with E-state index in [1.807, 2.05) is 25.7 Å². The van der Waals surface area contributed by atoms with E-state index >= 15 is 0 Å². The Bertz CT molecular complexity index is 389. The van der Waals surface area contributed by atoms with Crippen LogP contribution in [0.15, 0.2) is 0 Å². The van der Waals surface area contributed by atoms with Crippen LogP contribution in [0.5, 0.6) is 0 Å². The molecule has 5 nitrogen and oxygen atoms in total. The zero-order chi connectivity index (χ0) is 16.2. The van der Waals surface area contributed by atoms with Crippen molar-refractivity contribution in [3.8, 4) is 0 Å². The predicted octanol–water partition coefficient (Wildman–Crippen LogP) is 2.66. The summed E-state index contributed by atoms with van der Waals surface area (Å²) in [6.45, 7) is 7.35. The van der Waals surface area contributed by atoms with Gasteiger partial charge in [-0.1, -0.05) is 40.0 Å². The van der Waals surface area contributed by atoms with Crippen molar-refractivity contribution in [3.63, 3.8) is 0 Å². The molecule has 5 heteroatoms. The van der Waals surface area contributed by atoms with Crippen LogP contribution < -0.4 is 10.6 Å². The molecule has 0 unspecified atom stereocenters. The lowest BCUT2D eigenvalue weighted by Crippen LogP contribution is -2.52. The molecule has 22 heavy (non-hydrogen) atoms. The Kier molecular flexibility index (Phi) is 5.70. The number of hydrogen-bond acceptors (Lipinski definition) is 2. The van der Waals surface area contributed by atoms with E-state index in [-0.39, 0.29) is 23.4 Å². The molecule has 2 fully saturated rings. The first-order chi connectivity index (χ1) is 10.4. The van der Waals surface area contributed by atoms with Crippen LogP contribution >= 0.6 is 0 Å². The van der Waals surface area contributed by atoms with Crippen molar-refractivity contribution in [2.75, 3.05) is 13.1 Å². The van der Waals surface area contributed by atoms with Crippen molar-refractivity contribution in [1.29, 1.82) is 0 Å². The first-order valence-electron chi connectivity index (χ1n) is 8.72. The van der Waals surface area contributed by atoms with Crippen LogP contribution in [0.2, 0.25) is 0 Å². The molecule has 1 aliphatic heterocycles. The zero-order valence-electron chi connectivity index (χ0n) is 14.3. The minimum atomic E-state index is -0.321. The number of likely N-dealkylation sites (tertiary alicyclic amines) is 1. The molecular weight excluding hydrogens is 278 g/mol. The second-order valence-electron chi connectivity index (χ2n) is 7.77. The molecule has 2 N–H and O–H groups in total. The number of rotatable bonds is 2. The first kappa shape index (κ1) is 17.1. The van der Waals surface area contributed by atoms with Crippen molar-refractivity contribution in [2.24, 2.45) is 5.41 Å². The molecule has 2 rings (SSSR count). The second kappa shape index (κ2) is 7.34. The van der Waals surface area contributed by atoms with Crippen LogP contribution in [0.25, 0.3) is 0 Å². The van der Waals surface area contributed by atoms with Crippen molar-refractivity contribution >= 4 is 11.9 Å². The van der Waals surface area contributed by atoms with Crippen molar-refractivity contribution in [2.45, 2.75) is 77.8 Å². The van der Waals surface area contributed by atoms with Gasteiger partial charge in [-0.15, -0.1) is 0 Å². The van der Waals surface area contributed by atoms with E-state index in [9.17, 15) is 9.59 Å². The number of carbonyl (C=O) groups is 2. The Morgan fingerprint density at radius 3 is 1.86 bits per heavy atom. The van der Waals surface area contributed by atoms with E-state index in [2.05, 4.69) is 10.6 Å². The first-order valence-corrected chi connectivity index (χ1v) is 8.72. The van der Waals surface area contributed by atoms with E-state index in [0.29, 0.717) is 6.04 Å². The van der Waals surface area contributed by atoms with Gasteiger partial charge in [-0.05, 0) is 25.7 Å². The number of nitrogens with zero attached hydrogens (tertiary/aromatic N) is 1. The highest BCUT2D eigenvalue weighted by molar-refractivity contribution is 5.81. The number of piperidine rings is 1. The standard InChI is InChI=1S/C17H31N3O2/c1-17(2,3)15(21)20-11-9-14(10-12-20)19-16(22)18-13-7-5-4-6-8-13/h13-14H,4-12H2,1-3H3,(H2,18,19,22). The summed E-state index contributed by atoms with van der Waals surface area (Å²) in [5.41, 5.74) is -0.321. The molecule has 126 valence electrons. The Morgan fingerprint density at radius 1 is 0.864 bits per heavy atom. The highest BCUT2D eigenvalue weighted by atomic mass is 16.2. The molecule has 3 amide bonds. The lowest BCUT2D eigenvalue weighted by molar-refractivity contribution is -0.140. The van der Waals surface area contributed by atoms with Gasteiger partial charge in [-0.3, -0.25) is 4.79 Å². The molecule has 0 aromatic carbocycles. The lowest BCUT2D eigenvalue weighted by atomic mass is 9.93. The summed E-state index contributed by atoms with van der Waals surface area (Å²) in [6.07, 6.45) is 7.63. The topological polar surface area (TPSA) is 61.4 Å². The normalized spacial score (nSPS) is 21.5. The monoisotopic (exact) mass is 309 g/mol. The third-order valence-corrected chi connectivity index (χ3v) is 4.70. The van der Waals surface area contributed by atoms with E-state index in [1.54, 1.807) is 0 Å². The summed E-state index contributed by atoms with van der Waals surface area (Å²) < 4.78 is 0. The van der Waals surface area contributed by atoms with Gasteiger partial charge in [0.25, 0.3) is 0 Å². The third kappa shape index (κ3) is 4.89. The summed E-state index contributed by atoms with van der Waals surface area (Å²) in [5.74, 6) is 0.206. The van der Waals surface area contributed by atoms with Crippen LogP contribution in [-0.2, 0) is 4.79 Å². The predicted molar refractivity (Wildman–Crippen MR) is 87.6 cm³/mol. The fourth-order valence-electron chi connectivity index (χ4n) is 3.36. The number of nitrogens with one attached hydrogen (secondary N) is 2. The molecule has 0 spiro atoms. The molecule has 0 aromatic heterocycles. The van der Waals surface area contributed by atoms with Gasteiger partial charge in [0.2, 0.25) is 5.91 Å². The van der Waals surface area contributed by atoms with Gasteiger partial charge in [-0.25, -0.2) is 4.79 Å². The van der Waals surface area contributed by atoms with Crippen LogP contribution in [-0.4, -0.2) is 42.0 Å². The zero-order valence-corrected chi connectivity index (χ0v) is 14.3. The summed E-state index contributed by atoms with van der Waals surface area (Å²) >= 11 is 0. The Morgan fingerprint density at radius 2 is 1.36 bits per heavy atom. The molecular formula is C17H31N3O2. The lowest BCUT2D eigenvalue weighted by Gasteiger charge is -2.36. The van der Waals surface area contributed by atoms with Gasteiger partial charge < -0.3 is 15.5 Å². The van der Waals surface area contributed by atoms with Gasteiger partial charge in [0, 0.05) is 30.6 Å². The molecule has 2 aliphatic rings.